The predicted molar refractivity (Wildman–Crippen MR) is 64.7 cm³/mol. The number of likely N-dealkylation sites (tertiary alicyclic amines) is 1. The standard InChI is InChI=1S/C12H22N2O3/c1-9(2)13-7-11(15)14-5-3-4-10(8-14)6-12(16)17/h9-10,13H,3-8H2,1-2H3,(H,16,17). The molecule has 0 bridgehead atoms. The van der Waals surface area contributed by atoms with Crippen molar-refractivity contribution in [2.24, 2.45) is 5.92 Å². The fourth-order valence-corrected chi connectivity index (χ4v) is 2.11. The van der Waals surface area contributed by atoms with Gasteiger partial charge in [-0.2, -0.15) is 0 Å². The molecule has 1 amide bonds. The number of nitrogens with zero attached hydrogens (tertiary/aromatic N) is 1. The first-order chi connectivity index (χ1) is 7.99. The van der Waals surface area contributed by atoms with E-state index in [1.54, 1.807) is 4.90 Å². The van der Waals surface area contributed by atoms with Crippen molar-refractivity contribution in [3.8, 4) is 0 Å². The Hall–Kier alpha value is -1.10. The largest absolute Gasteiger partial charge is 0.481 e. The van der Waals surface area contributed by atoms with E-state index in [1.165, 1.54) is 0 Å². The summed E-state index contributed by atoms with van der Waals surface area (Å²) in [5, 5.41) is 11.8. The van der Waals surface area contributed by atoms with Crippen LogP contribution in [-0.2, 0) is 9.59 Å². The molecule has 98 valence electrons. The van der Waals surface area contributed by atoms with E-state index in [-0.39, 0.29) is 18.2 Å². The highest BCUT2D eigenvalue weighted by Gasteiger charge is 2.24. The van der Waals surface area contributed by atoms with Gasteiger partial charge in [-0.25, -0.2) is 0 Å². The van der Waals surface area contributed by atoms with Crippen LogP contribution in [0.4, 0.5) is 0 Å². The smallest absolute Gasteiger partial charge is 0.303 e. The minimum atomic E-state index is -0.774. The molecule has 1 aliphatic rings. The zero-order valence-electron chi connectivity index (χ0n) is 10.6. The molecule has 5 nitrogen and oxygen atoms in total. The van der Waals surface area contributed by atoms with E-state index in [4.69, 9.17) is 5.11 Å². The molecule has 0 spiro atoms. The summed E-state index contributed by atoms with van der Waals surface area (Å²) in [6, 6.07) is 0.290. The molecule has 2 N–H and O–H groups in total. The Morgan fingerprint density at radius 3 is 2.76 bits per heavy atom. The minimum absolute atomic E-state index is 0.0776. The Labute approximate surface area is 102 Å². The lowest BCUT2D eigenvalue weighted by Crippen LogP contribution is -2.45. The van der Waals surface area contributed by atoms with Gasteiger partial charge in [0.1, 0.15) is 0 Å². The van der Waals surface area contributed by atoms with Gasteiger partial charge in [-0.1, -0.05) is 13.8 Å². The highest BCUT2D eigenvalue weighted by molar-refractivity contribution is 5.78. The Morgan fingerprint density at radius 2 is 2.18 bits per heavy atom. The van der Waals surface area contributed by atoms with Crippen LogP contribution < -0.4 is 5.32 Å². The van der Waals surface area contributed by atoms with Gasteiger partial charge in [0, 0.05) is 25.6 Å². The maximum absolute atomic E-state index is 11.8. The summed E-state index contributed by atoms with van der Waals surface area (Å²) in [5.41, 5.74) is 0. The van der Waals surface area contributed by atoms with Crippen LogP contribution >= 0.6 is 0 Å². The first-order valence-electron chi connectivity index (χ1n) is 6.22. The van der Waals surface area contributed by atoms with Gasteiger partial charge in [0.05, 0.1) is 6.54 Å². The van der Waals surface area contributed by atoms with E-state index in [1.807, 2.05) is 13.8 Å². The predicted octanol–water partition coefficient (Wildman–Crippen LogP) is 0.698. The number of carboxylic acids is 1. The number of hydrogen-bond acceptors (Lipinski definition) is 3. The summed E-state index contributed by atoms with van der Waals surface area (Å²) in [6.07, 6.45) is 1.99. The van der Waals surface area contributed by atoms with E-state index in [2.05, 4.69) is 5.32 Å². The van der Waals surface area contributed by atoms with Crippen molar-refractivity contribution >= 4 is 11.9 Å². The lowest BCUT2D eigenvalue weighted by molar-refractivity contribution is -0.140. The molecule has 1 atom stereocenters. The van der Waals surface area contributed by atoms with Crippen molar-refractivity contribution in [3.05, 3.63) is 0 Å². The number of hydrogen-bond donors (Lipinski definition) is 2. The van der Waals surface area contributed by atoms with Gasteiger partial charge in [-0.05, 0) is 18.8 Å². The second-order valence-electron chi connectivity index (χ2n) is 4.98. The van der Waals surface area contributed by atoms with Crippen molar-refractivity contribution in [1.82, 2.24) is 10.2 Å². The molecule has 17 heavy (non-hydrogen) atoms. The molecule has 1 heterocycles. The second-order valence-corrected chi connectivity index (χ2v) is 4.98. The van der Waals surface area contributed by atoms with Gasteiger partial charge in [0.15, 0.2) is 0 Å². The molecule has 0 saturated carbocycles. The van der Waals surface area contributed by atoms with Crippen molar-refractivity contribution in [1.29, 1.82) is 0 Å². The number of aliphatic carboxylic acids is 1. The molecule has 1 rings (SSSR count). The first-order valence-corrected chi connectivity index (χ1v) is 6.22. The number of amides is 1. The van der Waals surface area contributed by atoms with E-state index in [9.17, 15) is 9.59 Å². The Kier molecular flexibility index (Phi) is 5.41. The maximum Gasteiger partial charge on any atom is 0.303 e. The summed E-state index contributed by atoms with van der Waals surface area (Å²) in [4.78, 5) is 24.3. The monoisotopic (exact) mass is 242 g/mol. The van der Waals surface area contributed by atoms with Crippen LogP contribution in [0.2, 0.25) is 0 Å². The SMILES string of the molecule is CC(C)NCC(=O)N1CCCC(CC(=O)O)C1. The summed E-state index contributed by atoms with van der Waals surface area (Å²) in [5.74, 6) is -0.581. The molecule has 0 aromatic heterocycles. The summed E-state index contributed by atoms with van der Waals surface area (Å²) in [6.45, 7) is 5.69. The van der Waals surface area contributed by atoms with Gasteiger partial charge in [-0.15, -0.1) is 0 Å². The average molecular weight is 242 g/mol. The van der Waals surface area contributed by atoms with Gasteiger partial charge >= 0.3 is 5.97 Å². The molecule has 1 saturated heterocycles. The zero-order chi connectivity index (χ0) is 12.8. The van der Waals surface area contributed by atoms with Crippen molar-refractivity contribution in [3.63, 3.8) is 0 Å². The molecule has 1 fully saturated rings. The molecular weight excluding hydrogens is 220 g/mol. The molecular formula is C12H22N2O3. The second kappa shape index (κ2) is 6.59. The fourth-order valence-electron chi connectivity index (χ4n) is 2.11. The van der Waals surface area contributed by atoms with Crippen molar-refractivity contribution in [2.45, 2.75) is 39.2 Å². The van der Waals surface area contributed by atoms with Crippen molar-refractivity contribution in [2.75, 3.05) is 19.6 Å². The Morgan fingerprint density at radius 1 is 1.47 bits per heavy atom. The van der Waals surface area contributed by atoms with E-state index >= 15 is 0 Å². The topological polar surface area (TPSA) is 69.6 Å². The minimum Gasteiger partial charge on any atom is -0.481 e. The number of carbonyl (C=O) groups excluding carboxylic acids is 1. The maximum atomic E-state index is 11.8. The number of rotatable bonds is 5. The fraction of sp³-hybridized carbons (Fsp3) is 0.833. The normalized spacial score (nSPS) is 20.6. The van der Waals surface area contributed by atoms with Gasteiger partial charge in [0.25, 0.3) is 0 Å². The van der Waals surface area contributed by atoms with Gasteiger partial charge in [0.2, 0.25) is 5.91 Å². The summed E-state index contributed by atoms with van der Waals surface area (Å²) >= 11 is 0. The highest BCUT2D eigenvalue weighted by Crippen LogP contribution is 2.19. The number of nitrogens with one attached hydrogen (secondary N) is 1. The van der Waals surface area contributed by atoms with Crippen LogP contribution in [0, 0.1) is 5.92 Å². The number of carboxylic acid groups (broad SMARTS) is 1. The highest BCUT2D eigenvalue weighted by atomic mass is 16.4. The summed E-state index contributed by atoms with van der Waals surface area (Å²) < 4.78 is 0. The van der Waals surface area contributed by atoms with Crippen LogP contribution in [0.1, 0.15) is 33.1 Å². The Balaban J connectivity index is 2.37. The third kappa shape index (κ3) is 5.17. The van der Waals surface area contributed by atoms with Crippen molar-refractivity contribution < 1.29 is 14.7 Å². The van der Waals surface area contributed by atoms with Crippen LogP contribution in [-0.4, -0.2) is 47.6 Å². The van der Waals surface area contributed by atoms with E-state index in [0.29, 0.717) is 19.1 Å². The van der Waals surface area contributed by atoms with Gasteiger partial charge in [-0.3, -0.25) is 9.59 Å². The first kappa shape index (κ1) is 14.0. The molecule has 0 aromatic carbocycles. The zero-order valence-corrected chi connectivity index (χ0v) is 10.6. The Bertz CT molecular complexity index is 279. The van der Waals surface area contributed by atoms with Crippen LogP contribution in [0.25, 0.3) is 0 Å². The molecule has 1 unspecified atom stereocenters. The van der Waals surface area contributed by atoms with Crippen LogP contribution in [0.15, 0.2) is 0 Å². The lowest BCUT2D eigenvalue weighted by Gasteiger charge is -2.32. The van der Waals surface area contributed by atoms with Crippen LogP contribution in [0.5, 0.6) is 0 Å². The van der Waals surface area contributed by atoms with E-state index < -0.39 is 5.97 Å². The molecule has 1 aliphatic heterocycles. The third-order valence-electron chi connectivity index (χ3n) is 3.00. The number of carbonyl (C=O) groups is 2. The quantitative estimate of drug-likeness (QED) is 0.744. The molecule has 5 heteroatoms. The molecule has 0 aromatic rings. The number of piperidine rings is 1. The van der Waals surface area contributed by atoms with Crippen LogP contribution in [0.3, 0.4) is 0 Å². The third-order valence-corrected chi connectivity index (χ3v) is 3.00. The van der Waals surface area contributed by atoms with Gasteiger partial charge < -0.3 is 15.3 Å². The molecule has 0 aliphatic carbocycles. The van der Waals surface area contributed by atoms with E-state index in [0.717, 1.165) is 19.4 Å². The lowest BCUT2D eigenvalue weighted by atomic mass is 9.95. The average Bonchev–Trinajstić information content (AvgIpc) is 2.25. The summed E-state index contributed by atoms with van der Waals surface area (Å²) in [7, 11) is 0. The molecule has 0 radical (unpaired) electrons.